The molecule has 1 amide bonds. The minimum absolute atomic E-state index is 0.0832. The highest BCUT2D eigenvalue weighted by Crippen LogP contribution is 2.60. The van der Waals surface area contributed by atoms with E-state index in [1.807, 2.05) is 20.0 Å². The summed E-state index contributed by atoms with van der Waals surface area (Å²) in [5.74, 6) is 1.29. The number of benzene rings is 1. The number of nitrogens with two attached hydrogens (primary N) is 1. The maximum Gasteiger partial charge on any atom is 0.416 e. The Kier molecular flexibility index (Phi) is 5.38. The Morgan fingerprint density at radius 1 is 1.16 bits per heavy atom. The molecule has 4 bridgehead atoms. The Hall–Kier alpha value is -2.76. The van der Waals surface area contributed by atoms with Crippen LogP contribution < -0.4 is 16.4 Å². The predicted octanol–water partition coefficient (Wildman–Crippen LogP) is 4.05. The van der Waals surface area contributed by atoms with E-state index in [9.17, 15) is 23.2 Å². The Bertz CT molecular complexity index is 947. The molecule has 2 unspecified atom stereocenters. The van der Waals surface area contributed by atoms with Gasteiger partial charge in [0.15, 0.2) is 0 Å². The molecule has 0 aliphatic heterocycles. The molecule has 4 aliphatic carbocycles. The first-order valence-electron chi connectivity index (χ1n) is 10.9. The lowest BCUT2D eigenvalue weighted by Gasteiger charge is -2.59. The van der Waals surface area contributed by atoms with Crippen LogP contribution in [0.15, 0.2) is 29.3 Å². The largest absolute Gasteiger partial charge is 0.416 e. The third kappa shape index (κ3) is 4.03. The summed E-state index contributed by atoms with van der Waals surface area (Å²) in [6, 6.07) is 4.87. The second kappa shape index (κ2) is 7.68. The Labute approximate surface area is 185 Å². The molecule has 0 aromatic heterocycles. The third-order valence-electron chi connectivity index (χ3n) is 7.52. The highest BCUT2D eigenvalue weighted by atomic mass is 19.4. The van der Waals surface area contributed by atoms with Gasteiger partial charge in [-0.15, -0.1) is 0 Å². The van der Waals surface area contributed by atoms with Crippen LogP contribution in [-0.2, 0) is 11.0 Å². The predicted molar refractivity (Wildman–Crippen MR) is 114 cm³/mol. The molecule has 4 aliphatic rings. The Balaban J connectivity index is 1.51. The van der Waals surface area contributed by atoms with Crippen LogP contribution in [0.2, 0.25) is 0 Å². The van der Waals surface area contributed by atoms with E-state index in [0.29, 0.717) is 17.4 Å². The highest BCUT2D eigenvalue weighted by Gasteiger charge is 2.58. The van der Waals surface area contributed by atoms with E-state index in [2.05, 4.69) is 15.6 Å². The van der Waals surface area contributed by atoms with Crippen molar-refractivity contribution >= 4 is 17.4 Å². The molecule has 4 fully saturated rings. The monoisotopic (exact) mass is 447 g/mol. The molecule has 9 heteroatoms. The van der Waals surface area contributed by atoms with Gasteiger partial charge in [0.1, 0.15) is 5.84 Å². The number of nitrogens with one attached hydrogen (secondary N) is 2. The molecule has 0 spiro atoms. The van der Waals surface area contributed by atoms with Gasteiger partial charge in [-0.2, -0.15) is 23.4 Å². The molecule has 4 saturated carbocycles. The van der Waals surface area contributed by atoms with Crippen LogP contribution in [0.5, 0.6) is 0 Å². The van der Waals surface area contributed by atoms with Crippen molar-refractivity contribution in [2.45, 2.75) is 63.7 Å². The zero-order chi connectivity index (χ0) is 23.3. The summed E-state index contributed by atoms with van der Waals surface area (Å²) in [6.07, 6.45) is 1.88. The second-order valence-electron chi connectivity index (χ2n) is 10.2. The standard InChI is InChI=1S/C23H28F3N5O/c1-21(2,31-17-5-3-16(4-6-17)23(24,25)26)20(29-12-27)30-18-14-7-13-8-15(18)11-22(9-13,10-14)19(28)32/h3-6,13-15,18,31H,7-11H2,1-2H3,(H2,28,32)(H,29,30). The van der Waals surface area contributed by atoms with Crippen LogP contribution in [-0.4, -0.2) is 23.3 Å². The number of alkyl halides is 3. The van der Waals surface area contributed by atoms with Crippen molar-refractivity contribution in [1.82, 2.24) is 5.32 Å². The second-order valence-corrected chi connectivity index (χ2v) is 10.2. The summed E-state index contributed by atoms with van der Waals surface area (Å²) in [6.45, 7) is 3.66. The van der Waals surface area contributed by atoms with Crippen LogP contribution in [0.25, 0.3) is 0 Å². The number of hydrogen-bond acceptors (Lipinski definition) is 4. The quantitative estimate of drug-likeness (QED) is 0.360. The number of hydrogen-bond donors (Lipinski definition) is 3. The summed E-state index contributed by atoms with van der Waals surface area (Å²) >= 11 is 0. The molecule has 6 nitrogen and oxygen atoms in total. The van der Waals surface area contributed by atoms with Crippen LogP contribution in [0.1, 0.15) is 51.5 Å². The van der Waals surface area contributed by atoms with Crippen molar-refractivity contribution in [2.24, 2.45) is 33.9 Å². The zero-order valence-electron chi connectivity index (χ0n) is 18.2. The van der Waals surface area contributed by atoms with Gasteiger partial charge in [-0.05, 0) is 88.0 Å². The van der Waals surface area contributed by atoms with Crippen LogP contribution in [0, 0.1) is 34.6 Å². The van der Waals surface area contributed by atoms with Crippen LogP contribution in [0.3, 0.4) is 0 Å². The number of anilines is 1. The number of nitriles is 1. The average molecular weight is 448 g/mol. The van der Waals surface area contributed by atoms with Gasteiger partial charge in [0.05, 0.1) is 11.1 Å². The highest BCUT2D eigenvalue weighted by molar-refractivity contribution is 5.94. The topological polar surface area (TPSA) is 103 Å². The number of amides is 1. The maximum absolute atomic E-state index is 12.9. The first-order chi connectivity index (χ1) is 14.9. The number of primary amides is 1. The van der Waals surface area contributed by atoms with Crippen LogP contribution in [0.4, 0.5) is 18.9 Å². The van der Waals surface area contributed by atoms with Crippen molar-refractivity contribution in [1.29, 1.82) is 5.26 Å². The van der Waals surface area contributed by atoms with Gasteiger partial charge in [0.2, 0.25) is 12.1 Å². The fraction of sp³-hybridized carbons (Fsp3) is 0.609. The lowest BCUT2D eigenvalue weighted by atomic mass is 9.47. The number of amidine groups is 1. The average Bonchev–Trinajstić information content (AvgIpc) is 2.68. The summed E-state index contributed by atoms with van der Waals surface area (Å²) in [7, 11) is 0. The molecule has 1 aromatic carbocycles. The lowest BCUT2D eigenvalue weighted by molar-refractivity contribution is -0.145. The molecule has 0 heterocycles. The molecular formula is C23H28F3N5O. The van der Waals surface area contributed by atoms with E-state index in [0.717, 1.165) is 44.2 Å². The third-order valence-corrected chi connectivity index (χ3v) is 7.52. The number of nitrogens with zero attached hydrogens (tertiary/aromatic N) is 2. The van der Waals surface area contributed by atoms with Crippen molar-refractivity contribution < 1.29 is 18.0 Å². The van der Waals surface area contributed by atoms with E-state index >= 15 is 0 Å². The van der Waals surface area contributed by atoms with Crippen molar-refractivity contribution in [3.05, 3.63) is 29.8 Å². The number of carbonyl (C=O) groups is 1. The zero-order valence-corrected chi connectivity index (χ0v) is 18.2. The maximum atomic E-state index is 12.9. The summed E-state index contributed by atoms with van der Waals surface area (Å²) in [4.78, 5) is 16.2. The van der Waals surface area contributed by atoms with E-state index < -0.39 is 22.7 Å². The van der Waals surface area contributed by atoms with E-state index in [4.69, 9.17) is 5.73 Å². The number of aliphatic imine (C=N–C) groups is 1. The first kappa shape index (κ1) is 22.4. The van der Waals surface area contributed by atoms with Gasteiger partial charge < -0.3 is 16.4 Å². The van der Waals surface area contributed by atoms with E-state index in [1.165, 1.54) is 12.1 Å². The molecule has 32 heavy (non-hydrogen) atoms. The van der Waals surface area contributed by atoms with Crippen molar-refractivity contribution in [3.8, 4) is 6.19 Å². The normalized spacial score (nSPS) is 31.8. The van der Waals surface area contributed by atoms with Gasteiger partial charge >= 0.3 is 6.18 Å². The number of carbonyl (C=O) groups excluding carboxylic acids is 1. The molecule has 0 radical (unpaired) electrons. The van der Waals surface area contributed by atoms with Gasteiger partial charge in [0.25, 0.3) is 0 Å². The molecule has 1 aromatic rings. The summed E-state index contributed by atoms with van der Waals surface area (Å²) in [5.41, 5.74) is 4.31. The minimum atomic E-state index is -4.40. The van der Waals surface area contributed by atoms with Gasteiger partial charge in [-0.25, -0.2) is 0 Å². The summed E-state index contributed by atoms with van der Waals surface area (Å²) in [5, 5.41) is 16.0. The van der Waals surface area contributed by atoms with E-state index in [-0.39, 0.29) is 23.8 Å². The SMILES string of the molecule is CC(C)(Nc1ccc(C(F)(F)F)cc1)/C(=N\C#N)NC1C2CC3CC1CC(C(N)=O)(C3)C2. The molecule has 0 saturated heterocycles. The van der Waals surface area contributed by atoms with Gasteiger partial charge in [-0.1, -0.05) is 0 Å². The van der Waals surface area contributed by atoms with Crippen molar-refractivity contribution in [3.63, 3.8) is 0 Å². The fourth-order valence-electron chi connectivity index (χ4n) is 6.28. The van der Waals surface area contributed by atoms with Gasteiger partial charge in [-0.3, -0.25) is 4.79 Å². The Morgan fingerprint density at radius 2 is 1.75 bits per heavy atom. The number of rotatable bonds is 5. The molecule has 4 N–H and O–H groups in total. The van der Waals surface area contributed by atoms with Gasteiger partial charge in [0, 0.05) is 17.1 Å². The fourth-order valence-corrected chi connectivity index (χ4v) is 6.28. The van der Waals surface area contributed by atoms with Crippen LogP contribution >= 0.6 is 0 Å². The lowest BCUT2D eigenvalue weighted by Crippen LogP contribution is -2.64. The summed E-state index contributed by atoms with van der Waals surface area (Å²) < 4.78 is 38.6. The minimum Gasteiger partial charge on any atom is -0.373 e. The Morgan fingerprint density at radius 3 is 2.25 bits per heavy atom. The molecule has 2 atom stereocenters. The first-order valence-corrected chi connectivity index (χ1v) is 10.9. The number of halogens is 3. The molecule has 5 rings (SSSR count). The smallest absolute Gasteiger partial charge is 0.373 e. The molecular weight excluding hydrogens is 419 g/mol. The van der Waals surface area contributed by atoms with E-state index in [1.54, 1.807) is 0 Å². The molecule has 172 valence electrons. The van der Waals surface area contributed by atoms with Crippen molar-refractivity contribution in [2.75, 3.05) is 5.32 Å².